The van der Waals surface area contributed by atoms with E-state index in [2.05, 4.69) is 0 Å². The highest BCUT2D eigenvalue weighted by molar-refractivity contribution is 6.32. The summed E-state index contributed by atoms with van der Waals surface area (Å²) in [5, 5.41) is 0.434. The van der Waals surface area contributed by atoms with Crippen LogP contribution in [0, 0.1) is 6.92 Å². The third kappa shape index (κ3) is 4.66. The molecule has 0 atom stereocenters. The summed E-state index contributed by atoms with van der Waals surface area (Å²) in [6, 6.07) is 10.2. The Morgan fingerprint density at radius 1 is 1.13 bits per heavy atom. The molecule has 7 nitrogen and oxygen atoms in total. The third-order valence-electron chi connectivity index (χ3n) is 5.42. The molecule has 4 rings (SSSR count). The van der Waals surface area contributed by atoms with Crippen LogP contribution >= 0.6 is 11.6 Å². The summed E-state index contributed by atoms with van der Waals surface area (Å²) >= 11 is 6.16. The van der Waals surface area contributed by atoms with Gasteiger partial charge in [0.15, 0.2) is 19.0 Å². The molecule has 0 bridgehead atoms. The number of fused-ring (bicyclic) bond motifs is 1. The number of carbonyl (C=O) groups excluding carboxylic acids is 3. The van der Waals surface area contributed by atoms with Crippen LogP contribution in [0.2, 0.25) is 5.02 Å². The van der Waals surface area contributed by atoms with Crippen LogP contribution in [-0.4, -0.2) is 55.3 Å². The number of rotatable bonds is 6. The molecule has 0 spiro atoms. The van der Waals surface area contributed by atoms with Crippen LogP contribution in [0.15, 0.2) is 36.4 Å². The van der Waals surface area contributed by atoms with Gasteiger partial charge in [-0.3, -0.25) is 19.3 Å². The van der Waals surface area contributed by atoms with E-state index in [-0.39, 0.29) is 37.4 Å². The molecule has 2 aliphatic heterocycles. The first kappa shape index (κ1) is 21.2. The Morgan fingerprint density at radius 3 is 2.65 bits per heavy atom. The van der Waals surface area contributed by atoms with E-state index in [0.29, 0.717) is 40.9 Å². The number of halogens is 1. The molecule has 2 heterocycles. The lowest BCUT2D eigenvalue weighted by Crippen LogP contribution is -2.46. The van der Waals surface area contributed by atoms with Crippen molar-refractivity contribution < 1.29 is 23.9 Å². The van der Waals surface area contributed by atoms with Crippen LogP contribution in [-0.2, 0) is 9.59 Å². The molecule has 0 N–H and O–H groups in total. The first-order chi connectivity index (χ1) is 14.9. The first-order valence-corrected chi connectivity index (χ1v) is 10.6. The number of likely N-dealkylation sites (tertiary alicyclic amines) is 1. The second-order valence-electron chi connectivity index (χ2n) is 7.68. The van der Waals surface area contributed by atoms with Crippen molar-refractivity contribution in [3.63, 3.8) is 0 Å². The zero-order valence-electron chi connectivity index (χ0n) is 17.2. The summed E-state index contributed by atoms with van der Waals surface area (Å²) in [4.78, 5) is 40.9. The van der Waals surface area contributed by atoms with Crippen molar-refractivity contribution in [3.8, 4) is 11.5 Å². The number of ketones is 1. The first-order valence-electron chi connectivity index (χ1n) is 10.2. The fraction of sp³-hybridized carbons (Fsp3) is 0.348. The molecule has 2 aliphatic rings. The second kappa shape index (κ2) is 8.98. The summed E-state index contributed by atoms with van der Waals surface area (Å²) < 4.78 is 11.1. The van der Waals surface area contributed by atoms with Gasteiger partial charge in [0.25, 0.3) is 5.91 Å². The Kier molecular flexibility index (Phi) is 6.13. The minimum Gasteiger partial charge on any atom is -0.484 e. The number of carbonyl (C=O) groups is 3. The Balaban J connectivity index is 1.50. The molecule has 162 valence electrons. The van der Waals surface area contributed by atoms with Gasteiger partial charge in [0.05, 0.1) is 10.7 Å². The molecular weight excluding hydrogens is 420 g/mol. The van der Waals surface area contributed by atoms with E-state index in [9.17, 15) is 14.4 Å². The van der Waals surface area contributed by atoms with Crippen LogP contribution in [0.5, 0.6) is 11.5 Å². The highest BCUT2D eigenvalue weighted by Crippen LogP contribution is 2.33. The predicted molar refractivity (Wildman–Crippen MR) is 116 cm³/mol. The molecule has 31 heavy (non-hydrogen) atoms. The van der Waals surface area contributed by atoms with Crippen LogP contribution in [0.25, 0.3) is 0 Å². The maximum atomic E-state index is 12.7. The number of hydrogen-bond donors (Lipinski definition) is 0. The second-order valence-corrected chi connectivity index (χ2v) is 8.09. The van der Waals surface area contributed by atoms with E-state index in [4.69, 9.17) is 21.1 Å². The third-order valence-corrected chi connectivity index (χ3v) is 5.72. The number of hydrogen-bond acceptors (Lipinski definition) is 5. The van der Waals surface area contributed by atoms with E-state index >= 15 is 0 Å². The van der Waals surface area contributed by atoms with Gasteiger partial charge in [0, 0.05) is 18.7 Å². The maximum Gasteiger partial charge on any atom is 0.265 e. The zero-order chi connectivity index (χ0) is 22.0. The monoisotopic (exact) mass is 442 g/mol. The molecule has 1 saturated heterocycles. The fourth-order valence-electron chi connectivity index (χ4n) is 3.70. The standard InChI is InChI=1S/C23H23ClN2O5/c1-15-4-6-20(17(24)10-15)30-13-19(27)16-5-7-21-18(11-16)26(23(29)14-31-21)12-22(28)25-8-2-3-9-25/h4-7,10-11H,2-3,8-9,12-14H2,1H3. The van der Waals surface area contributed by atoms with Gasteiger partial charge in [0.1, 0.15) is 18.0 Å². The number of amides is 2. The fourth-order valence-corrected chi connectivity index (χ4v) is 3.99. The van der Waals surface area contributed by atoms with Crippen molar-refractivity contribution in [3.05, 3.63) is 52.5 Å². The van der Waals surface area contributed by atoms with Crippen LogP contribution < -0.4 is 14.4 Å². The van der Waals surface area contributed by atoms with Crippen molar-refractivity contribution in [2.24, 2.45) is 0 Å². The van der Waals surface area contributed by atoms with Crippen molar-refractivity contribution in [1.29, 1.82) is 0 Å². The van der Waals surface area contributed by atoms with Gasteiger partial charge >= 0.3 is 0 Å². The van der Waals surface area contributed by atoms with Crippen LogP contribution in [0.4, 0.5) is 5.69 Å². The molecule has 0 aromatic heterocycles. The molecule has 2 aromatic rings. The predicted octanol–water partition coefficient (Wildman–Crippen LogP) is 3.26. The molecule has 0 aliphatic carbocycles. The molecule has 0 saturated carbocycles. The lowest BCUT2D eigenvalue weighted by molar-refractivity contribution is -0.131. The summed E-state index contributed by atoms with van der Waals surface area (Å²) in [5.41, 5.74) is 1.77. The van der Waals surface area contributed by atoms with E-state index in [0.717, 1.165) is 18.4 Å². The summed E-state index contributed by atoms with van der Waals surface area (Å²) in [6.45, 7) is 2.93. The van der Waals surface area contributed by atoms with Crippen molar-refractivity contribution in [1.82, 2.24) is 4.90 Å². The molecule has 2 amide bonds. The van der Waals surface area contributed by atoms with Gasteiger partial charge in [0.2, 0.25) is 5.91 Å². The van der Waals surface area contributed by atoms with Gasteiger partial charge in [-0.1, -0.05) is 17.7 Å². The molecular formula is C23H23ClN2O5. The minimum absolute atomic E-state index is 0.0672. The Labute approximate surface area is 185 Å². The smallest absolute Gasteiger partial charge is 0.265 e. The van der Waals surface area contributed by atoms with Crippen molar-refractivity contribution in [2.75, 3.05) is 37.7 Å². The molecule has 0 unspecified atom stereocenters. The normalized spacial score (nSPS) is 15.5. The number of Topliss-reactive ketones (excluding diaryl/α,β-unsaturated/α-hetero) is 1. The minimum atomic E-state index is -0.313. The average Bonchev–Trinajstić information content (AvgIpc) is 3.29. The Bertz CT molecular complexity index is 1030. The lowest BCUT2D eigenvalue weighted by atomic mass is 10.1. The van der Waals surface area contributed by atoms with Gasteiger partial charge in [-0.25, -0.2) is 0 Å². The van der Waals surface area contributed by atoms with Gasteiger partial charge < -0.3 is 14.4 Å². The topological polar surface area (TPSA) is 76.2 Å². The number of benzene rings is 2. The summed E-state index contributed by atoms with van der Waals surface area (Å²) in [6.07, 6.45) is 1.95. The Morgan fingerprint density at radius 2 is 1.90 bits per heavy atom. The quantitative estimate of drug-likeness (QED) is 0.642. The Hall–Kier alpha value is -3.06. The summed E-state index contributed by atoms with van der Waals surface area (Å²) in [7, 11) is 0. The number of aryl methyl sites for hydroxylation is 1. The molecule has 0 radical (unpaired) electrons. The zero-order valence-corrected chi connectivity index (χ0v) is 18.0. The van der Waals surface area contributed by atoms with E-state index in [1.807, 2.05) is 13.0 Å². The van der Waals surface area contributed by atoms with E-state index in [1.165, 1.54) is 4.90 Å². The van der Waals surface area contributed by atoms with Crippen LogP contribution in [0.3, 0.4) is 0 Å². The van der Waals surface area contributed by atoms with Gasteiger partial charge in [-0.05, 0) is 55.7 Å². The molecule has 1 fully saturated rings. The SMILES string of the molecule is Cc1ccc(OCC(=O)c2ccc3c(c2)N(CC(=O)N2CCCC2)C(=O)CO3)c(Cl)c1. The number of anilines is 1. The van der Waals surface area contributed by atoms with E-state index < -0.39 is 0 Å². The molecule has 8 heteroatoms. The van der Waals surface area contributed by atoms with Gasteiger partial charge in [-0.15, -0.1) is 0 Å². The van der Waals surface area contributed by atoms with Crippen molar-refractivity contribution >= 4 is 34.9 Å². The maximum absolute atomic E-state index is 12.7. The van der Waals surface area contributed by atoms with Gasteiger partial charge in [-0.2, -0.15) is 0 Å². The molecule has 2 aromatic carbocycles. The van der Waals surface area contributed by atoms with Crippen LogP contribution in [0.1, 0.15) is 28.8 Å². The average molecular weight is 443 g/mol. The van der Waals surface area contributed by atoms with Crippen molar-refractivity contribution in [2.45, 2.75) is 19.8 Å². The highest BCUT2D eigenvalue weighted by Gasteiger charge is 2.30. The number of nitrogens with zero attached hydrogens (tertiary/aromatic N) is 2. The largest absolute Gasteiger partial charge is 0.484 e. The summed E-state index contributed by atoms with van der Waals surface area (Å²) in [5.74, 6) is 0.200. The van der Waals surface area contributed by atoms with E-state index in [1.54, 1.807) is 35.2 Å². The number of ether oxygens (including phenoxy) is 2. The highest BCUT2D eigenvalue weighted by atomic mass is 35.5. The lowest BCUT2D eigenvalue weighted by Gasteiger charge is -2.30.